The van der Waals surface area contributed by atoms with E-state index in [0.717, 1.165) is 33.9 Å². The van der Waals surface area contributed by atoms with Gasteiger partial charge in [-0.05, 0) is 22.3 Å². The summed E-state index contributed by atoms with van der Waals surface area (Å²) in [7, 11) is 0. The fraction of sp³-hybridized carbons (Fsp3) is 0.286. The standard InChI is InChI=1S/C28H33N7/c1-7-21-9-13-23(14-10-21)17-34-25(19(3)4)29-27(32-34)31-28-30-26(20(5)6)35(33-28)18-24-15-11-22(8-2)12-16-24/h7-16,19-20H,1-2,17-18H2,3-6H3,(H,31,32,33). The minimum absolute atomic E-state index is 0.223. The Bertz CT molecular complexity index is 1190. The van der Waals surface area contributed by atoms with Gasteiger partial charge >= 0.3 is 0 Å². The number of rotatable bonds is 10. The van der Waals surface area contributed by atoms with Gasteiger partial charge in [0.15, 0.2) is 0 Å². The van der Waals surface area contributed by atoms with Crippen molar-refractivity contribution >= 4 is 24.0 Å². The van der Waals surface area contributed by atoms with Crippen molar-refractivity contribution in [1.82, 2.24) is 29.5 Å². The number of anilines is 2. The Labute approximate surface area is 207 Å². The Kier molecular flexibility index (Phi) is 7.25. The van der Waals surface area contributed by atoms with Crippen LogP contribution in [0.15, 0.2) is 61.7 Å². The second kappa shape index (κ2) is 10.5. The van der Waals surface area contributed by atoms with Crippen molar-refractivity contribution in [3.05, 3.63) is 95.6 Å². The van der Waals surface area contributed by atoms with E-state index >= 15 is 0 Å². The molecule has 2 aromatic heterocycles. The Morgan fingerprint density at radius 2 is 1.06 bits per heavy atom. The van der Waals surface area contributed by atoms with Gasteiger partial charge in [0.05, 0.1) is 13.1 Å². The quantitative estimate of drug-likeness (QED) is 0.299. The molecule has 1 N–H and O–H groups in total. The molecule has 7 heteroatoms. The zero-order chi connectivity index (χ0) is 24.9. The highest BCUT2D eigenvalue weighted by Gasteiger charge is 2.18. The van der Waals surface area contributed by atoms with Crippen molar-refractivity contribution in [1.29, 1.82) is 0 Å². The van der Waals surface area contributed by atoms with Gasteiger partial charge in [-0.2, -0.15) is 9.97 Å². The van der Waals surface area contributed by atoms with Crippen LogP contribution in [0.5, 0.6) is 0 Å². The lowest BCUT2D eigenvalue weighted by atomic mass is 10.1. The first-order valence-electron chi connectivity index (χ1n) is 12.0. The monoisotopic (exact) mass is 467 g/mol. The molecule has 4 rings (SSSR count). The van der Waals surface area contributed by atoms with Crippen LogP contribution in [0.25, 0.3) is 12.2 Å². The van der Waals surface area contributed by atoms with E-state index in [9.17, 15) is 0 Å². The molecule has 0 amide bonds. The van der Waals surface area contributed by atoms with E-state index in [1.165, 1.54) is 0 Å². The molecule has 0 fully saturated rings. The van der Waals surface area contributed by atoms with E-state index in [-0.39, 0.29) is 11.8 Å². The first-order valence-corrected chi connectivity index (χ1v) is 12.0. The largest absolute Gasteiger partial charge is 0.290 e. The third-order valence-corrected chi connectivity index (χ3v) is 5.75. The summed E-state index contributed by atoms with van der Waals surface area (Å²) in [5.41, 5.74) is 4.50. The summed E-state index contributed by atoms with van der Waals surface area (Å²) in [6, 6.07) is 16.6. The first-order chi connectivity index (χ1) is 16.9. The van der Waals surface area contributed by atoms with E-state index in [0.29, 0.717) is 25.0 Å². The Hall–Kier alpha value is -4.00. The molecule has 180 valence electrons. The first kappa shape index (κ1) is 24.1. The van der Waals surface area contributed by atoms with Crippen LogP contribution >= 0.6 is 0 Å². The molecule has 2 heterocycles. The van der Waals surface area contributed by atoms with Gasteiger partial charge in [0.25, 0.3) is 0 Å². The summed E-state index contributed by atoms with van der Waals surface area (Å²) in [5.74, 6) is 3.26. The van der Waals surface area contributed by atoms with Gasteiger partial charge < -0.3 is 0 Å². The van der Waals surface area contributed by atoms with Crippen LogP contribution in [-0.4, -0.2) is 29.5 Å². The van der Waals surface area contributed by atoms with Crippen molar-refractivity contribution in [2.24, 2.45) is 0 Å². The summed E-state index contributed by atoms with van der Waals surface area (Å²) in [4.78, 5) is 9.50. The van der Waals surface area contributed by atoms with Crippen LogP contribution < -0.4 is 5.32 Å². The highest BCUT2D eigenvalue weighted by atomic mass is 15.4. The van der Waals surface area contributed by atoms with E-state index in [4.69, 9.17) is 20.2 Å². The maximum Gasteiger partial charge on any atom is 0.249 e. The van der Waals surface area contributed by atoms with Gasteiger partial charge in [-0.25, -0.2) is 9.36 Å². The predicted molar refractivity (Wildman–Crippen MR) is 143 cm³/mol. The number of hydrogen-bond acceptors (Lipinski definition) is 5. The second-order valence-corrected chi connectivity index (χ2v) is 9.23. The van der Waals surface area contributed by atoms with Gasteiger partial charge in [0.1, 0.15) is 11.6 Å². The molecule has 35 heavy (non-hydrogen) atoms. The third-order valence-electron chi connectivity index (χ3n) is 5.75. The smallest absolute Gasteiger partial charge is 0.249 e. The Morgan fingerprint density at radius 3 is 1.37 bits per heavy atom. The van der Waals surface area contributed by atoms with Crippen LogP contribution in [0.3, 0.4) is 0 Å². The molecule has 0 aliphatic heterocycles. The summed E-state index contributed by atoms with van der Waals surface area (Å²) in [6.45, 7) is 17.4. The zero-order valence-electron chi connectivity index (χ0n) is 20.9. The van der Waals surface area contributed by atoms with Crippen LogP contribution in [0.2, 0.25) is 0 Å². The summed E-state index contributed by atoms with van der Waals surface area (Å²) < 4.78 is 3.88. The van der Waals surface area contributed by atoms with Crippen molar-refractivity contribution in [2.75, 3.05) is 5.32 Å². The third kappa shape index (κ3) is 5.74. The van der Waals surface area contributed by atoms with E-state index in [2.05, 4.69) is 94.7 Å². The molecule has 0 aliphatic rings. The van der Waals surface area contributed by atoms with Gasteiger partial charge in [0, 0.05) is 11.8 Å². The maximum atomic E-state index is 4.75. The molecule has 0 aliphatic carbocycles. The SMILES string of the molecule is C=Cc1ccc(Cn2nc(Nc3nc(C(C)C)n(Cc4ccc(C=C)cc4)n3)nc2C(C)C)cc1. The fourth-order valence-corrected chi connectivity index (χ4v) is 3.87. The van der Waals surface area contributed by atoms with Crippen molar-refractivity contribution in [3.8, 4) is 0 Å². The minimum Gasteiger partial charge on any atom is -0.290 e. The lowest BCUT2D eigenvalue weighted by Gasteiger charge is -2.08. The highest BCUT2D eigenvalue weighted by Crippen LogP contribution is 2.21. The molecule has 0 radical (unpaired) electrons. The molecular weight excluding hydrogens is 434 g/mol. The van der Waals surface area contributed by atoms with E-state index in [1.807, 2.05) is 21.5 Å². The molecule has 0 saturated heterocycles. The number of hydrogen-bond donors (Lipinski definition) is 1. The van der Waals surface area contributed by atoms with Crippen LogP contribution in [-0.2, 0) is 13.1 Å². The highest BCUT2D eigenvalue weighted by molar-refractivity contribution is 5.48. The van der Waals surface area contributed by atoms with Gasteiger partial charge in [0.2, 0.25) is 11.9 Å². The Balaban J connectivity index is 1.56. The molecule has 0 spiro atoms. The Morgan fingerprint density at radius 1 is 0.686 bits per heavy atom. The summed E-state index contributed by atoms with van der Waals surface area (Å²) >= 11 is 0. The molecule has 0 saturated carbocycles. The van der Waals surface area contributed by atoms with Crippen LogP contribution in [0.1, 0.15) is 73.4 Å². The summed E-state index contributed by atoms with van der Waals surface area (Å²) in [6.07, 6.45) is 3.68. The van der Waals surface area contributed by atoms with Gasteiger partial charge in [-0.3, -0.25) is 5.32 Å². The van der Waals surface area contributed by atoms with E-state index in [1.54, 1.807) is 0 Å². The molecule has 0 bridgehead atoms. The lowest BCUT2D eigenvalue weighted by Crippen LogP contribution is -2.08. The number of aromatic nitrogens is 6. The number of benzene rings is 2. The molecule has 0 unspecified atom stereocenters. The van der Waals surface area contributed by atoms with Crippen molar-refractivity contribution in [2.45, 2.75) is 52.6 Å². The molecule has 0 atom stereocenters. The topological polar surface area (TPSA) is 73.5 Å². The zero-order valence-corrected chi connectivity index (χ0v) is 20.9. The molecule has 7 nitrogen and oxygen atoms in total. The minimum atomic E-state index is 0.223. The second-order valence-electron chi connectivity index (χ2n) is 9.23. The fourth-order valence-electron chi connectivity index (χ4n) is 3.87. The lowest BCUT2D eigenvalue weighted by molar-refractivity contribution is 0.607. The van der Waals surface area contributed by atoms with Crippen molar-refractivity contribution in [3.63, 3.8) is 0 Å². The predicted octanol–water partition coefficient (Wildman–Crippen LogP) is 6.24. The van der Waals surface area contributed by atoms with Crippen molar-refractivity contribution < 1.29 is 0 Å². The number of nitrogens with one attached hydrogen (secondary N) is 1. The van der Waals surface area contributed by atoms with Crippen LogP contribution in [0, 0.1) is 0 Å². The molecule has 4 aromatic rings. The average Bonchev–Trinajstić information content (AvgIpc) is 3.44. The van der Waals surface area contributed by atoms with E-state index < -0.39 is 0 Å². The maximum absolute atomic E-state index is 4.75. The normalized spacial score (nSPS) is 11.3. The average molecular weight is 468 g/mol. The summed E-state index contributed by atoms with van der Waals surface area (Å²) in [5, 5.41) is 12.7. The van der Waals surface area contributed by atoms with Crippen LogP contribution in [0.4, 0.5) is 11.9 Å². The van der Waals surface area contributed by atoms with Gasteiger partial charge in [-0.15, -0.1) is 10.2 Å². The molecular formula is C28H33N7. The van der Waals surface area contributed by atoms with Gasteiger partial charge in [-0.1, -0.05) is 102 Å². The number of nitrogens with zero attached hydrogens (tertiary/aromatic N) is 6. The molecule has 2 aromatic carbocycles.